The lowest BCUT2D eigenvalue weighted by atomic mass is 9.52. The van der Waals surface area contributed by atoms with Crippen LogP contribution in [-0.4, -0.2) is 16.7 Å². The van der Waals surface area contributed by atoms with Crippen LogP contribution >= 0.6 is 0 Å². The van der Waals surface area contributed by atoms with Crippen molar-refractivity contribution in [2.45, 2.75) is 43.7 Å². The van der Waals surface area contributed by atoms with Gasteiger partial charge in [-0.15, -0.1) is 0 Å². The van der Waals surface area contributed by atoms with E-state index in [2.05, 4.69) is 0 Å². The fourth-order valence-corrected chi connectivity index (χ4v) is 4.02. The minimum atomic E-state index is -0.299. The van der Waals surface area contributed by atoms with E-state index in [1.165, 1.54) is 12.8 Å². The van der Waals surface area contributed by atoms with Gasteiger partial charge in [-0.2, -0.15) is 0 Å². The first kappa shape index (κ1) is 7.34. The van der Waals surface area contributed by atoms with Crippen molar-refractivity contribution >= 4 is 0 Å². The summed E-state index contributed by atoms with van der Waals surface area (Å²) in [6.45, 7) is 0. The summed E-state index contributed by atoms with van der Waals surface area (Å²) in [5, 5.41) is 10.2. The highest BCUT2D eigenvalue weighted by Gasteiger charge is 2.53. The van der Waals surface area contributed by atoms with Gasteiger partial charge in [-0.3, -0.25) is 0 Å². The third-order valence-electron chi connectivity index (χ3n) is 4.31. The Hall–Kier alpha value is -0.0800. The second-order valence-corrected chi connectivity index (χ2v) is 5.27. The van der Waals surface area contributed by atoms with Gasteiger partial charge < -0.3 is 10.8 Å². The zero-order valence-corrected chi connectivity index (χ0v) is 7.37. The van der Waals surface area contributed by atoms with Crippen LogP contribution in [0.2, 0.25) is 0 Å². The lowest BCUT2D eigenvalue weighted by Gasteiger charge is -2.57. The molecular formula is C10H17NO. The molecule has 0 heterocycles. The van der Waals surface area contributed by atoms with E-state index < -0.39 is 0 Å². The van der Waals surface area contributed by atoms with Gasteiger partial charge in [-0.25, -0.2) is 0 Å². The normalized spacial score (nSPS) is 62.5. The maximum Gasteiger partial charge on any atom is 0.0657 e. The van der Waals surface area contributed by atoms with Crippen molar-refractivity contribution in [2.75, 3.05) is 0 Å². The number of rotatable bonds is 0. The molecule has 0 saturated heterocycles. The molecule has 2 unspecified atom stereocenters. The summed E-state index contributed by atoms with van der Waals surface area (Å²) in [6.07, 6.45) is 5.62. The molecule has 4 aliphatic rings. The lowest BCUT2D eigenvalue weighted by Crippen LogP contribution is -2.59. The van der Waals surface area contributed by atoms with E-state index in [-0.39, 0.29) is 5.60 Å². The van der Waals surface area contributed by atoms with Gasteiger partial charge in [0, 0.05) is 6.04 Å². The minimum absolute atomic E-state index is 0.299. The molecule has 4 saturated carbocycles. The Morgan fingerprint density at radius 2 is 1.67 bits per heavy atom. The van der Waals surface area contributed by atoms with Crippen LogP contribution in [0.15, 0.2) is 0 Å². The van der Waals surface area contributed by atoms with Gasteiger partial charge in [0.05, 0.1) is 5.60 Å². The third kappa shape index (κ3) is 0.826. The number of nitrogens with two attached hydrogens (primary N) is 1. The molecule has 0 aromatic heterocycles. The Kier molecular flexibility index (Phi) is 1.25. The summed E-state index contributed by atoms with van der Waals surface area (Å²) in [4.78, 5) is 0. The van der Waals surface area contributed by atoms with Crippen LogP contribution in [0.3, 0.4) is 0 Å². The van der Waals surface area contributed by atoms with Gasteiger partial charge in [0.15, 0.2) is 0 Å². The van der Waals surface area contributed by atoms with E-state index >= 15 is 0 Å². The molecule has 4 bridgehead atoms. The summed E-state index contributed by atoms with van der Waals surface area (Å²) < 4.78 is 0. The minimum Gasteiger partial charge on any atom is -0.390 e. The molecule has 4 fully saturated rings. The molecule has 0 spiro atoms. The number of hydrogen-bond donors (Lipinski definition) is 2. The second kappa shape index (κ2) is 2.05. The Bertz CT molecular complexity index is 200. The number of hydrogen-bond acceptors (Lipinski definition) is 2. The molecule has 2 heteroatoms. The van der Waals surface area contributed by atoms with Gasteiger partial charge >= 0.3 is 0 Å². The molecule has 2 atom stereocenters. The Morgan fingerprint density at radius 1 is 1.08 bits per heavy atom. The van der Waals surface area contributed by atoms with Crippen molar-refractivity contribution in [1.29, 1.82) is 0 Å². The Balaban J connectivity index is 1.95. The monoisotopic (exact) mass is 167 g/mol. The van der Waals surface area contributed by atoms with E-state index in [0.717, 1.165) is 25.2 Å². The number of aliphatic hydroxyl groups is 1. The maximum atomic E-state index is 10.2. The van der Waals surface area contributed by atoms with Crippen molar-refractivity contribution in [2.24, 2.45) is 23.5 Å². The van der Waals surface area contributed by atoms with E-state index in [9.17, 15) is 5.11 Å². The van der Waals surface area contributed by atoms with Gasteiger partial charge in [0.1, 0.15) is 0 Å². The predicted molar refractivity (Wildman–Crippen MR) is 46.5 cm³/mol. The van der Waals surface area contributed by atoms with Crippen LogP contribution in [0.1, 0.15) is 32.1 Å². The SMILES string of the molecule is N[C@H]1C2CC3CC1C[C@@](O)(C3)C2. The zero-order chi connectivity index (χ0) is 8.34. The average molecular weight is 167 g/mol. The van der Waals surface area contributed by atoms with Crippen LogP contribution in [0.25, 0.3) is 0 Å². The Morgan fingerprint density at radius 3 is 2.17 bits per heavy atom. The van der Waals surface area contributed by atoms with Gasteiger partial charge in [0.25, 0.3) is 0 Å². The highest BCUT2D eigenvalue weighted by Crippen LogP contribution is 2.54. The smallest absolute Gasteiger partial charge is 0.0657 e. The van der Waals surface area contributed by atoms with E-state index in [0.29, 0.717) is 17.9 Å². The van der Waals surface area contributed by atoms with Gasteiger partial charge in [-0.05, 0) is 49.9 Å². The highest BCUT2D eigenvalue weighted by atomic mass is 16.3. The van der Waals surface area contributed by atoms with Crippen molar-refractivity contribution in [3.63, 3.8) is 0 Å². The molecule has 0 aliphatic heterocycles. The van der Waals surface area contributed by atoms with E-state index in [1.54, 1.807) is 0 Å². The van der Waals surface area contributed by atoms with Crippen LogP contribution < -0.4 is 5.73 Å². The third-order valence-corrected chi connectivity index (χ3v) is 4.31. The van der Waals surface area contributed by atoms with E-state index in [1.807, 2.05) is 0 Å². The molecule has 68 valence electrons. The highest BCUT2D eigenvalue weighted by molar-refractivity contribution is 5.06. The standard InChI is InChI=1S/C10H17NO/c11-9-7-1-6-2-8(9)5-10(12,3-6)4-7/h6-9,12H,1-5,11H2/t6?,7?,8?,9-,10+. The Labute approximate surface area is 73.1 Å². The second-order valence-electron chi connectivity index (χ2n) is 5.27. The van der Waals surface area contributed by atoms with Crippen molar-refractivity contribution < 1.29 is 5.11 Å². The average Bonchev–Trinajstić information content (AvgIpc) is 1.96. The van der Waals surface area contributed by atoms with Crippen molar-refractivity contribution in [1.82, 2.24) is 0 Å². The molecule has 4 aliphatic carbocycles. The largest absolute Gasteiger partial charge is 0.390 e. The lowest BCUT2D eigenvalue weighted by molar-refractivity contribution is -0.132. The van der Waals surface area contributed by atoms with Gasteiger partial charge in [0.2, 0.25) is 0 Å². The first-order chi connectivity index (χ1) is 5.66. The van der Waals surface area contributed by atoms with Crippen molar-refractivity contribution in [3.8, 4) is 0 Å². The molecule has 2 nitrogen and oxygen atoms in total. The molecule has 0 radical (unpaired) electrons. The maximum absolute atomic E-state index is 10.2. The fourth-order valence-electron chi connectivity index (χ4n) is 4.02. The topological polar surface area (TPSA) is 46.2 Å². The molecule has 4 rings (SSSR count). The van der Waals surface area contributed by atoms with Crippen LogP contribution in [0.4, 0.5) is 0 Å². The summed E-state index contributed by atoms with van der Waals surface area (Å²) in [7, 11) is 0. The molecule has 3 N–H and O–H groups in total. The zero-order valence-electron chi connectivity index (χ0n) is 7.37. The van der Waals surface area contributed by atoms with E-state index in [4.69, 9.17) is 5.73 Å². The predicted octanol–water partition coefficient (Wildman–Crippen LogP) is 0.885. The molecular weight excluding hydrogens is 150 g/mol. The molecule has 12 heavy (non-hydrogen) atoms. The summed E-state index contributed by atoms with van der Waals surface area (Å²) >= 11 is 0. The summed E-state index contributed by atoms with van der Waals surface area (Å²) in [6, 6.07) is 0.404. The summed E-state index contributed by atoms with van der Waals surface area (Å²) in [5.41, 5.74) is 5.82. The van der Waals surface area contributed by atoms with Crippen molar-refractivity contribution in [3.05, 3.63) is 0 Å². The van der Waals surface area contributed by atoms with Crippen LogP contribution in [-0.2, 0) is 0 Å². The molecule has 0 amide bonds. The molecule has 0 aromatic carbocycles. The first-order valence-corrected chi connectivity index (χ1v) is 5.14. The van der Waals surface area contributed by atoms with Crippen LogP contribution in [0.5, 0.6) is 0 Å². The first-order valence-electron chi connectivity index (χ1n) is 5.14. The quantitative estimate of drug-likeness (QED) is 0.562. The fraction of sp³-hybridized carbons (Fsp3) is 1.00. The van der Waals surface area contributed by atoms with Crippen LogP contribution in [0, 0.1) is 17.8 Å². The summed E-state index contributed by atoms with van der Waals surface area (Å²) in [5.74, 6) is 2.08. The molecule has 0 aromatic rings. The van der Waals surface area contributed by atoms with Gasteiger partial charge in [-0.1, -0.05) is 0 Å².